The van der Waals surface area contributed by atoms with Gasteiger partial charge in [-0.15, -0.1) is 11.3 Å². The first-order valence-electron chi connectivity index (χ1n) is 10.5. The zero-order chi connectivity index (χ0) is 21.2. The third kappa shape index (κ3) is 4.09. The molecule has 1 aromatic heterocycles. The summed E-state index contributed by atoms with van der Waals surface area (Å²) >= 11 is 1.66. The van der Waals surface area contributed by atoms with E-state index in [4.69, 9.17) is 9.72 Å². The second-order valence-corrected chi connectivity index (χ2v) is 8.80. The number of rotatable bonds is 5. The Morgan fingerprint density at radius 3 is 2.45 bits per heavy atom. The number of nitrogens with zero attached hydrogens (tertiary/aromatic N) is 3. The quantitative estimate of drug-likeness (QED) is 0.482. The molecule has 0 saturated carbocycles. The van der Waals surface area contributed by atoms with E-state index in [0.29, 0.717) is 12.3 Å². The number of piperazine rings is 1. The lowest BCUT2D eigenvalue weighted by Gasteiger charge is -2.36. The number of ether oxygens (including phenoxy) is 1. The van der Waals surface area contributed by atoms with Gasteiger partial charge >= 0.3 is 0 Å². The van der Waals surface area contributed by atoms with Gasteiger partial charge in [0.15, 0.2) is 11.5 Å². The summed E-state index contributed by atoms with van der Waals surface area (Å²) in [7, 11) is 1.60. The summed E-state index contributed by atoms with van der Waals surface area (Å²) in [5.41, 5.74) is 4.12. The first-order chi connectivity index (χ1) is 15.2. The van der Waals surface area contributed by atoms with Crippen molar-refractivity contribution in [3.8, 4) is 22.1 Å². The fraction of sp³-hybridized carbons (Fsp3) is 0.240. The molecule has 0 bridgehead atoms. The molecule has 0 spiro atoms. The lowest BCUT2D eigenvalue weighted by Crippen LogP contribution is -2.45. The van der Waals surface area contributed by atoms with E-state index in [1.54, 1.807) is 18.4 Å². The molecule has 0 aliphatic carbocycles. The van der Waals surface area contributed by atoms with Crippen LogP contribution in [-0.2, 0) is 6.54 Å². The van der Waals surface area contributed by atoms with Crippen LogP contribution < -0.4 is 9.64 Å². The number of fused-ring (bicyclic) bond motifs is 1. The van der Waals surface area contributed by atoms with Crippen LogP contribution in [0.25, 0.3) is 20.8 Å². The Balaban J connectivity index is 1.37. The molecular weight excluding hydrogens is 406 g/mol. The number of aromatic nitrogens is 1. The smallest absolute Gasteiger partial charge is 0.162 e. The zero-order valence-corrected chi connectivity index (χ0v) is 18.3. The van der Waals surface area contributed by atoms with Gasteiger partial charge in [-0.05, 0) is 36.4 Å². The third-order valence-electron chi connectivity index (χ3n) is 5.80. The van der Waals surface area contributed by atoms with Crippen LogP contribution in [0.15, 0.2) is 66.7 Å². The van der Waals surface area contributed by atoms with Gasteiger partial charge in [0.05, 0.1) is 17.3 Å². The van der Waals surface area contributed by atoms with Gasteiger partial charge in [0.1, 0.15) is 5.01 Å². The maximum Gasteiger partial charge on any atom is 0.162 e. The molecule has 1 fully saturated rings. The van der Waals surface area contributed by atoms with Gasteiger partial charge in [0.2, 0.25) is 0 Å². The molecule has 1 aliphatic heterocycles. The van der Waals surface area contributed by atoms with Crippen molar-refractivity contribution in [1.82, 2.24) is 9.88 Å². The van der Waals surface area contributed by atoms with Crippen molar-refractivity contribution < 1.29 is 9.84 Å². The molecule has 0 unspecified atom stereocenters. The first kappa shape index (κ1) is 19.8. The average Bonchev–Trinajstić information content (AvgIpc) is 3.26. The molecule has 31 heavy (non-hydrogen) atoms. The Bertz CT molecular complexity index is 1150. The van der Waals surface area contributed by atoms with E-state index in [-0.39, 0.29) is 5.75 Å². The van der Waals surface area contributed by atoms with Gasteiger partial charge in [-0.3, -0.25) is 4.90 Å². The lowest BCUT2D eigenvalue weighted by atomic mass is 10.1. The molecule has 1 saturated heterocycles. The standard InChI is InChI=1S/C25H25N3O2S/c1-30-22-16-18(25-26-21-9-5-6-10-23(21)31-25)15-19(24(22)29)17-27-11-13-28(14-12-27)20-7-3-2-4-8-20/h2-10,15-16,29H,11-14,17H2,1H3. The number of thiazole rings is 1. The fourth-order valence-electron chi connectivity index (χ4n) is 4.10. The molecule has 3 aromatic carbocycles. The highest BCUT2D eigenvalue weighted by atomic mass is 32.1. The molecule has 2 heterocycles. The van der Waals surface area contributed by atoms with Crippen molar-refractivity contribution in [3.63, 3.8) is 0 Å². The monoisotopic (exact) mass is 431 g/mol. The molecule has 0 atom stereocenters. The predicted molar refractivity (Wildman–Crippen MR) is 127 cm³/mol. The molecule has 1 aliphatic rings. The number of hydrogen-bond donors (Lipinski definition) is 1. The number of phenolic OH excluding ortho intramolecular Hbond substituents is 1. The van der Waals surface area contributed by atoms with Gasteiger partial charge in [0, 0.05) is 49.5 Å². The highest BCUT2D eigenvalue weighted by Crippen LogP contribution is 2.38. The van der Waals surface area contributed by atoms with Gasteiger partial charge in [-0.2, -0.15) is 0 Å². The largest absolute Gasteiger partial charge is 0.504 e. The summed E-state index contributed by atoms with van der Waals surface area (Å²) in [6, 6.07) is 22.6. The maximum absolute atomic E-state index is 10.8. The Morgan fingerprint density at radius 2 is 1.71 bits per heavy atom. The Hall–Kier alpha value is -3.09. The van der Waals surface area contributed by atoms with Gasteiger partial charge in [-0.1, -0.05) is 30.3 Å². The van der Waals surface area contributed by atoms with Crippen LogP contribution in [0.1, 0.15) is 5.56 Å². The van der Waals surface area contributed by atoms with Crippen LogP contribution in [0, 0.1) is 0 Å². The van der Waals surface area contributed by atoms with E-state index in [1.165, 1.54) is 5.69 Å². The Labute approximate surface area is 186 Å². The molecule has 1 N–H and O–H groups in total. The zero-order valence-electron chi connectivity index (χ0n) is 17.5. The van der Waals surface area contributed by atoms with Crippen LogP contribution in [0.5, 0.6) is 11.5 Å². The van der Waals surface area contributed by atoms with Crippen molar-refractivity contribution in [2.45, 2.75) is 6.54 Å². The molecule has 5 rings (SSSR count). The van der Waals surface area contributed by atoms with E-state index < -0.39 is 0 Å². The number of hydrogen-bond acceptors (Lipinski definition) is 6. The molecule has 158 valence electrons. The number of para-hydroxylation sites is 2. The van der Waals surface area contributed by atoms with Crippen LogP contribution in [0.3, 0.4) is 0 Å². The predicted octanol–water partition coefficient (Wildman–Crippen LogP) is 5.00. The molecule has 4 aromatic rings. The number of aromatic hydroxyl groups is 1. The van der Waals surface area contributed by atoms with Crippen LogP contribution >= 0.6 is 11.3 Å². The van der Waals surface area contributed by atoms with Crippen LogP contribution in [-0.4, -0.2) is 48.3 Å². The number of anilines is 1. The first-order valence-corrected chi connectivity index (χ1v) is 11.3. The SMILES string of the molecule is COc1cc(-c2nc3ccccc3s2)cc(CN2CCN(c3ccccc3)CC2)c1O. The van der Waals surface area contributed by atoms with E-state index in [1.807, 2.05) is 30.3 Å². The van der Waals surface area contributed by atoms with E-state index >= 15 is 0 Å². The van der Waals surface area contributed by atoms with Crippen LogP contribution in [0.2, 0.25) is 0 Å². The minimum absolute atomic E-state index is 0.220. The minimum Gasteiger partial charge on any atom is -0.504 e. The Morgan fingerprint density at radius 1 is 0.968 bits per heavy atom. The van der Waals surface area contributed by atoms with Gasteiger partial charge < -0.3 is 14.7 Å². The topological polar surface area (TPSA) is 48.8 Å². The van der Waals surface area contributed by atoms with Crippen molar-refractivity contribution in [2.75, 3.05) is 38.2 Å². The van der Waals surface area contributed by atoms with E-state index in [9.17, 15) is 5.11 Å². The summed E-state index contributed by atoms with van der Waals surface area (Å²) in [6.07, 6.45) is 0. The summed E-state index contributed by atoms with van der Waals surface area (Å²) in [6.45, 7) is 4.52. The van der Waals surface area contributed by atoms with E-state index in [0.717, 1.165) is 52.5 Å². The highest BCUT2D eigenvalue weighted by Gasteiger charge is 2.20. The Kier molecular flexibility index (Phi) is 5.49. The molecule has 5 nitrogen and oxygen atoms in total. The lowest BCUT2D eigenvalue weighted by molar-refractivity contribution is 0.245. The van der Waals surface area contributed by atoms with Gasteiger partial charge in [0.25, 0.3) is 0 Å². The van der Waals surface area contributed by atoms with Crippen molar-refractivity contribution in [3.05, 3.63) is 72.3 Å². The van der Waals surface area contributed by atoms with Crippen molar-refractivity contribution in [2.24, 2.45) is 0 Å². The average molecular weight is 432 g/mol. The molecular formula is C25H25N3O2S. The second-order valence-electron chi connectivity index (χ2n) is 7.77. The highest BCUT2D eigenvalue weighted by molar-refractivity contribution is 7.21. The number of methoxy groups -OCH3 is 1. The second kappa shape index (κ2) is 8.57. The molecule has 6 heteroatoms. The number of benzene rings is 3. The number of phenols is 1. The van der Waals surface area contributed by atoms with Gasteiger partial charge in [-0.25, -0.2) is 4.98 Å². The third-order valence-corrected chi connectivity index (χ3v) is 6.89. The van der Waals surface area contributed by atoms with Crippen LogP contribution in [0.4, 0.5) is 5.69 Å². The molecule has 0 radical (unpaired) electrons. The normalized spacial score (nSPS) is 14.8. The summed E-state index contributed by atoms with van der Waals surface area (Å²) < 4.78 is 6.64. The fourth-order valence-corrected chi connectivity index (χ4v) is 5.06. The minimum atomic E-state index is 0.220. The summed E-state index contributed by atoms with van der Waals surface area (Å²) in [5.74, 6) is 0.715. The maximum atomic E-state index is 10.8. The van der Waals surface area contributed by atoms with Crippen molar-refractivity contribution >= 4 is 27.2 Å². The summed E-state index contributed by atoms with van der Waals surface area (Å²) in [5, 5.41) is 11.7. The summed E-state index contributed by atoms with van der Waals surface area (Å²) in [4.78, 5) is 9.58. The van der Waals surface area contributed by atoms with Crippen molar-refractivity contribution in [1.29, 1.82) is 0 Å². The van der Waals surface area contributed by atoms with E-state index in [2.05, 4.69) is 46.2 Å². The molecule has 0 amide bonds.